The van der Waals surface area contributed by atoms with E-state index >= 15 is 0 Å². The summed E-state index contributed by atoms with van der Waals surface area (Å²) in [5.74, 6) is 1.12. The second kappa shape index (κ2) is 6.82. The van der Waals surface area contributed by atoms with E-state index in [2.05, 4.69) is 41.1 Å². The number of nitrogens with zero attached hydrogens (tertiary/aromatic N) is 3. The third kappa shape index (κ3) is 3.25. The fourth-order valence-electron chi connectivity index (χ4n) is 4.54. The van der Waals surface area contributed by atoms with Gasteiger partial charge in [0.2, 0.25) is 5.91 Å². The molecule has 0 bridgehead atoms. The Morgan fingerprint density at radius 3 is 2.81 bits per heavy atom. The minimum atomic E-state index is 0.0564. The molecule has 4 rings (SSSR count). The number of aryl methyl sites for hydroxylation is 4. The Balaban J connectivity index is 1.45. The molecule has 2 heterocycles. The molecular formula is C22H27N3O. The molecule has 1 spiro atoms. The first-order valence-electron chi connectivity index (χ1n) is 9.72. The molecule has 4 nitrogen and oxygen atoms in total. The fourth-order valence-corrected chi connectivity index (χ4v) is 4.54. The van der Waals surface area contributed by atoms with Gasteiger partial charge >= 0.3 is 0 Å². The van der Waals surface area contributed by atoms with Gasteiger partial charge in [-0.2, -0.15) is 0 Å². The molecule has 0 saturated carbocycles. The number of benzene rings is 1. The molecule has 1 aromatic heterocycles. The van der Waals surface area contributed by atoms with Crippen LogP contribution in [0.25, 0.3) is 0 Å². The van der Waals surface area contributed by atoms with Gasteiger partial charge in [0.1, 0.15) is 5.82 Å². The van der Waals surface area contributed by atoms with Crippen LogP contribution in [-0.4, -0.2) is 33.9 Å². The van der Waals surface area contributed by atoms with E-state index in [1.807, 2.05) is 13.1 Å². The highest BCUT2D eigenvalue weighted by Gasteiger charge is 2.44. The van der Waals surface area contributed by atoms with E-state index in [1.165, 1.54) is 22.4 Å². The van der Waals surface area contributed by atoms with Crippen LogP contribution in [0.2, 0.25) is 0 Å². The van der Waals surface area contributed by atoms with Gasteiger partial charge < -0.3 is 4.90 Å². The van der Waals surface area contributed by atoms with Crippen molar-refractivity contribution >= 4 is 5.91 Å². The molecule has 1 unspecified atom stereocenters. The molecule has 0 N–H and O–H groups in total. The zero-order chi connectivity index (χ0) is 18.1. The Bertz CT molecular complexity index is 811. The number of aromatic nitrogens is 2. The third-order valence-electron chi connectivity index (χ3n) is 6.04. The largest absolute Gasteiger partial charge is 0.342 e. The van der Waals surface area contributed by atoms with Gasteiger partial charge in [0.05, 0.1) is 5.69 Å². The molecule has 1 amide bonds. The Hall–Kier alpha value is -2.23. The lowest BCUT2D eigenvalue weighted by Crippen LogP contribution is -2.48. The number of fused-ring (bicyclic) bond motifs is 2. The van der Waals surface area contributed by atoms with E-state index in [0.29, 0.717) is 6.42 Å². The second-order valence-electron chi connectivity index (χ2n) is 7.98. The smallest absolute Gasteiger partial charge is 0.222 e. The van der Waals surface area contributed by atoms with E-state index < -0.39 is 0 Å². The SMILES string of the molecule is Cc1ccc(CCC(=O)N2CCCC3(CCc4cnc(C)nc43)C2)cc1. The number of hydrogen-bond acceptors (Lipinski definition) is 3. The van der Waals surface area contributed by atoms with Crippen molar-refractivity contribution in [3.63, 3.8) is 0 Å². The van der Waals surface area contributed by atoms with E-state index in [0.717, 1.165) is 51.0 Å². The van der Waals surface area contributed by atoms with Crippen LogP contribution >= 0.6 is 0 Å². The fraction of sp³-hybridized carbons (Fsp3) is 0.500. The van der Waals surface area contributed by atoms with Gasteiger partial charge in [0.25, 0.3) is 0 Å². The number of hydrogen-bond donors (Lipinski definition) is 0. The van der Waals surface area contributed by atoms with Gasteiger partial charge in [0.15, 0.2) is 0 Å². The molecule has 26 heavy (non-hydrogen) atoms. The second-order valence-corrected chi connectivity index (χ2v) is 7.98. The van der Waals surface area contributed by atoms with Crippen molar-refractivity contribution in [1.29, 1.82) is 0 Å². The van der Waals surface area contributed by atoms with Crippen molar-refractivity contribution in [1.82, 2.24) is 14.9 Å². The van der Waals surface area contributed by atoms with E-state index in [1.54, 1.807) is 0 Å². The molecule has 1 aromatic carbocycles. The Kier molecular flexibility index (Phi) is 4.51. The standard InChI is InChI=1S/C22H27N3O/c1-16-4-6-18(7-5-16)8-9-20(26)25-13-3-11-22(15-25)12-10-19-14-23-17(2)24-21(19)22/h4-7,14H,3,8-13,15H2,1-2H3. The van der Waals surface area contributed by atoms with Gasteiger partial charge in [0, 0.05) is 31.1 Å². The van der Waals surface area contributed by atoms with Crippen LogP contribution in [0.5, 0.6) is 0 Å². The molecule has 1 aliphatic heterocycles. The molecule has 136 valence electrons. The Labute approximate surface area is 155 Å². The summed E-state index contributed by atoms with van der Waals surface area (Å²) < 4.78 is 0. The van der Waals surface area contributed by atoms with Crippen LogP contribution in [0, 0.1) is 13.8 Å². The van der Waals surface area contributed by atoms with Crippen molar-refractivity contribution in [2.45, 2.75) is 57.8 Å². The van der Waals surface area contributed by atoms with Gasteiger partial charge in [-0.25, -0.2) is 9.97 Å². The quantitative estimate of drug-likeness (QED) is 0.851. The van der Waals surface area contributed by atoms with Crippen LogP contribution in [0.4, 0.5) is 0 Å². The maximum Gasteiger partial charge on any atom is 0.222 e. The summed E-state index contributed by atoms with van der Waals surface area (Å²) in [4.78, 5) is 24.1. The average Bonchev–Trinajstić information content (AvgIpc) is 2.98. The van der Waals surface area contributed by atoms with Gasteiger partial charge in [-0.15, -0.1) is 0 Å². The van der Waals surface area contributed by atoms with Crippen LogP contribution in [0.3, 0.4) is 0 Å². The van der Waals surface area contributed by atoms with E-state index in [9.17, 15) is 4.79 Å². The molecule has 1 atom stereocenters. The Morgan fingerprint density at radius 1 is 1.19 bits per heavy atom. The first-order chi connectivity index (χ1) is 12.6. The van der Waals surface area contributed by atoms with Crippen LogP contribution in [0.15, 0.2) is 30.5 Å². The average molecular weight is 349 g/mol. The maximum atomic E-state index is 12.9. The Morgan fingerprint density at radius 2 is 2.00 bits per heavy atom. The summed E-state index contributed by atoms with van der Waals surface area (Å²) in [6, 6.07) is 8.50. The van der Waals surface area contributed by atoms with Crippen LogP contribution in [-0.2, 0) is 23.1 Å². The zero-order valence-electron chi connectivity index (χ0n) is 15.8. The highest BCUT2D eigenvalue weighted by atomic mass is 16.2. The molecule has 1 fully saturated rings. The first kappa shape index (κ1) is 17.2. The molecule has 1 saturated heterocycles. The predicted molar refractivity (Wildman–Crippen MR) is 102 cm³/mol. The van der Waals surface area contributed by atoms with Crippen molar-refractivity contribution in [3.8, 4) is 0 Å². The summed E-state index contributed by atoms with van der Waals surface area (Å²) in [5, 5.41) is 0. The van der Waals surface area contributed by atoms with Crippen molar-refractivity contribution < 1.29 is 4.79 Å². The maximum absolute atomic E-state index is 12.9. The third-order valence-corrected chi connectivity index (χ3v) is 6.04. The van der Waals surface area contributed by atoms with Gasteiger partial charge in [-0.1, -0.05) is 29.8 Å². The number of piperidine rings is 1. The van der Waals surface area contributed by atoms with Crippen molar-refractivity contribution in [2.75, 3.05) is 13.1 Å². The summed E-state index contributed by atoms with van der Waals surface area (Å²) in [6.45, 7) is 5.75. The van der Waals surface area contributed by atoms with Gasteiger partial charge in [-0.3, -0.25) is 4.79 Å². The summed E-state index contributed by atoms with van der Waals surface area (Å²) in [7, 11) is 0. The summed E-state index contributed by atoms with van der Waals surface area (Å²) >= 11 is 0. The van der Waals surface area contributed by atoms with Crippen LogP contribution in [0.1, 0.15) is 53.9 Å². The molecule has 2 aliphatic rings. The first-order valence-corrected chi connectivity index (χ1v) is 9.72. The van der Waals surface area contributed by atoms with Gasteiger partial charge in [-0.05, 0) is 57.1 Å². The lowest BCUT2D eigenvalue weighted by Gasteiger charge is -2.40. The number of carbonyl (C=O) groups excluding carboxylic acids is 1. The topological polar surface area (TPSA) is 46.1 Å². The number of rotatable bonds is 3. The highest BCUT2D eigenvalue weighted by molar-refractivity contribution is 5.76. The normalized spacial score (nSPS) is 21.8. The molecule has 2 aromatic rings. The molecule has 0 radical (unpaired) electrons. The lowest BCUT2D eigenvalue weighted by molar-refractivity contribution is -0.133. The van der Waals surface area contributed by atoms with E-state index in [-0.39, 0.29) is 11.3 Å². The van der Waals surface area contributed by atoms with Crippen molar-refractivity contribution in [2.24, 2.45) is 0 Å². The molecule has 4 heteroatoms. The van der Waals surface area contributed by atoms with Crippen molar-refractivity contribution in [3.05, 3.63) is 58.7 Å². The predicted octanol–water partition coefficient (Wildman–Crippen LogP) is 3.53. The molecular weight excluding hydrogens is 322 g/mol. The zero-order valence-corrected chi connectivity index (χ0v) is 15.8. The minimum absolute atomic E-state index is 0.0564. The number of amides is 1. The minimum Gasteiger partial charge on any atom is -0.342 e. The monoisotopic (exact) mass is 349 g/mol. The van der Waals surface area contributed by atoms with E-state index in [4.69, 9.17) is 4.98 Å². The van der Waals surface area contributed by atoms with Crippen LogP contribution < -0.4 is 0 Å². The lowest BCUT2D eigenvalue weighted by atomic mass is 9.77. The number of carbonyl (C=O) groups is 1. The number of likely N-dealkylation sites (tertiary alicyclic amines) is 1. The highest BCUT2D eigenvalue weighted by Crippen LogP contribution is 2.43. The summed E-state index contributed by atoms with van der Waals surface area (Å²) in [5.41, 5.74) is 5.05. The summed E-state index contributed by atoms with van der Waals surface area (Å²) in [6.07, 6.45) is 7.75. The molecule has 1 aliphatic carbocycles.